The zero-order chi connectivity index (χ0) is 17.8. The van der Waals surface area contributed by atoms with Crippen LogP contribution in [0.2, 0.25) is 0 Å². The third-order valence-electron chi connectivity index (χ3n) is 2.11. The Bertz CT molecular complexity index is 568. The summed E-state index contributed by atoms with van der Waals surface area (Å²) in [5, 5.41) is 0. The topological polar surface area (TPSA) is 127 Å². The average Bonchev–Trinajstić information content (AvgIpc) is 2.57. The molecule has 22 heavy (non-hydrogen) atoms. The molecule has 11 heteroatoms. The zero-order valence-corrected chi connectivity index (χ0v) is 14.9. The van der Waals surface area contributed by atoms with Crippen molar-refractivity contribution in [2.45, 2.75) is 38.9 Å². The SMILES string of the molecule is CC(C)(C)OC(=O)N1CC[C@@H](OS(C)(=O)=O)C1.CS(=O)(=O)O. The Morgan fingerprint density at radius 1 is 1.18 bits per heavy atom. The van der Waals surface area contributed by atoms with Gasteiger partial charge in [-0.05, 0) is 27.2 Å². The smallest absolute Gasteiger partial charge is 0.410 e. The molecule has 0 aromatic heterocycles. The maximum absolute atomic E-state index is 11.7. The van der Waals surface area contributed by atoms with Crippen LogP contribution in [0.3, 0.4) is 0 Å². The highest BCUT2D eigenvalue weighted by Gasteiger charge is 2.31. The van der Waals surface area contributed by atoms with E-state index in [-0.39, 0.29) is 6.54 Å². The second-order valence-corrected chi connectivity index (χ2v) is 8.94. The Hall–Kier alpha value is -0.910. The van der Waals surface area contributed by atoms with Gasteiger partial charge in [0, 0.05) is 6.54 Å². The number of likely N-dealkylation sites (tertiary alicyclic amines) is 1. The van der Waals surface area contributed by atoms with E-state index in [1.807, 2.05) is 0 Å². The number of hydrogen-bond donors (Lipinski definition) is 1. The van der Waals surface area contributed by atoms with Crippen LogP contribution in [0, 0.1) is 0 Å². The summed E-state index contributed by atoms with van der Waals surface area (Å²) < 4.78 is 57.8. The number of amides is 1. The first-order valence-electron chi connectivity index (χ1n) is 6.35. The van der Waals surface area contributed by atoms with Crippen LogP contribution < -0.4 is 0 Å². The largest absolute Gasteiger partial charge is 0.444 e. The van der Waals surface area contributed by atoms with Crippen molar-refractivity contribution in [2.24, 2.45) is 0 Å². The fourth-order valence-corrected chi connectivity index (χ4v) is 2.20. The van der Waals surface area contributed by atoms with Crippen LogP contribution in [0.4, 0.5) is 4.79 Å². The van der Waals surface area contributed by atoms with Gasteiger partial charge in [-0.15, -0.1) is 0 Å². The molecule has 1 aliphatic heterocycles. The second kappa shape index (κ2) is 7.57. The van der Waals surface area contributed by atoms with Crippen LogP contribution in [0.1, 0.15) is 27.2 Å². The van der Waals surface area contributed by atoms with Crippen LogP contribution in [0.25, 0.3) is 0 Å². The zero-order valence-electron chi connectivity index (χ0n) is 13.3. The number of ether oxygens (including phenoxy) is 1. The molecule has 9 nitrogen and oxygen atoms in total. The van der Waals surface area contributed by atoms with Gasteiger partial charge in [0.25, 0.3) is 20.2 Å². The normalized spacial score (nSPS) is 19.4. The molecule has 1 aliphatic rings. The lowest BCUT2D eigenvalue weighted by molar-refractivity contribution is 0.0276. The van der Waals surface area contributed by atoms with Gasteiger partial charge in [0.15, 0.2) is 0 Å². The van der Waals surface area contributed by atoms with Gasteiger partial charge in [-0.25, -0.2) is 4.79 Å². The van der Waals surface area contributed by atoms with Gasteiger partial charge in [-0.1, -0.05) is 0 Å². The van der Waals surface area contributed by atoms with E-state index in [2.05, 4.69) is 0 Å². The number of hydrogen-bond acceptors (Lipinski definition) is 7. The van der Waals surface area contributed by atoms with Crippen molar-refractivity contribution in [3.8, 4) is 0 Å². The molecular weight excluding hydrogens is 338 g/mol. The van der Waals surface area contributed by atoms with Crippen LogP contribution >= 0.6 is 0 Å². The summed E-state index contributed by atoms with van der Waals surface area (Å²) in [6.07, 6.45) is 1.33. The van der Waals surface area contributed by atoms with Crippen LogP contribution in [0.15, 0.2) is 0 Å². The lowest BCUT2D eigenvalue weighted by atomic mass is 10.2. The first-order chi connectivity index (χ1) is 9.57. The Balaban J connectivity index is 0.000000763. The van der Waals surface area contributed by atoms with Crippen LogP contribution in [-0.4, -0.2) is 69.7 Å². The summed E-state index contributed by atoms with van der Waals surface area (Å²) in [4.78, 5) is 13.1. The Morgan fingerprint density at radius 3 is 2.00 bits per heavy atom. The molecule has 0 spiro atoms. The minimum absolute atomic E-state index is 0.252. The molecule has 1 atom stereocenters. The molecule has 0 radical (unpaired) electrons. The highest BCUT2D eigenvalue weighted by atomic mass is 32.2. The van der Waals surface area contributed by atoms with E-state index in [4.69, 9.17) is 13.5 Å². The van der Waals surface area contributed by atoms with E-state index in [9.17, 15) is 21.6 Å². The molecule has 0 saturated carbocycles. The van der Waals surface area contributed by atoms with E-state index in [1.54, 1.807) is 20.8 Å². The van der Waals surface area contributed by atoms with E-state index in [1.165, 1.54) is 4.90 Å². The van der Waals surface area contributed by atoms with Crippen molar-refractivity contribution < 1.29 is 35.1 Å². The molecule has 0 aromatic carbocycles. The van der Waals surface area contributed by atoms with Crippen LogP contribution in [-0.2, 0) is 29.2 Å². The maximum atomic E-state index is 11.7. The van der Waals surface area contributed by atoms with Crippen LogP contribution in [0.5, 0.6) is 0 Å². The van der Waals surface area contributed by atoms with Crippen molar-refractivity contribution in [1.82, 2.24) is 4.90 Å². The van der Waals surface area contributed by atoms with E-state index >= 15 is 0 Å². The van der Waals surface area contributed by atoms with Gasteiger partial charge >= 0.3 is 6.09 Å². The van der Waals surface area contributed by atoms with Gasteiger partial charge in [-0.3, -0.25) is 8.74 Å². The lowest BCUT2D eigenvalue weighted by Gasteiger charge is -2.24. The van der Waals surface area contributed by atoms with Gasteiger partial charge in [-0.2, -0.15) is 16.8 Å². The Kier molecular flexibility index (Phi) is 7.26. The fraction of sp³-hybridized carbons (Fsp3) is 0.909. The molecule has 1 heterocycles. The summed E-state index contributed by atoms with van der Waals surface area (Å²) in [7, 11) is -7.14. The Labute approximate surface area is 131 Å². The molecular formula is C11H23NO8S2. The number of carbonyl (C=O) groups excluding carboxylic acids is 1. The third-order valence-corrected chi connectivity index (χ3v) is 2.73. The number of nitrogens with zero attached hydrogens (tertiary/aromatic N) is 1. The van der Waals surface area contributed by atoms with Crippen molar-refractivity contribution >= 4 is 26.3 Å². The summed E-state index contributed by atoms with van der Waals surface area (Å²) >= 11 is 0. The summed E-state index contributed by atoms with van der Waals surface area (Å²) in [6.45, 7) is 6.06. The molecule has 0 bridgehead atoms. The third kappa shape index (κ3) is 12.8. The molecule has 0 unspecified atom stereocenters. The van der Waals surface area contributed by atoms with Crippen molar-refractivity contribution in [3.05, 3.63) is 0 Å². The monoisotopic (exact) mass is 361 g/mol. The minimum Gasteiger partial charge on any atom is -0.444 e. The quantitative estimate of drug-likeness (QED) is 0.555. The van der Waals surface area contributed by atoms with Crippen molar-refractivity contribution in [2.75, 3.05) is 25.6 Å². The Morgan fingerprint density at radius 2 is 1.64 bits per heavy atom. The molecule has 0 aliphatic carbocycles. The maximum Gasteiger partial charge on any atom is 0.410 e. The first kappa shape index (κ1) is 21.1. The van der Waals surface area contributed by atoms with Gasteiger partial charge in [0.1, 0.15) is 5.60 Å². The highest BCUT2D eigenvalue weighted by Crippen LogP contribution is 2.18. The lowest BCUT2D eigenvalue weighted by Crippen LogP contribution is -2.36. The fourth-order valence-electron chi connectivity index (χ4n) is 1.55. The van der Waals surface area contributed by atoms with Crippen molar-refractivity contribution in [3.63, 3.8) is 0 Å². The molecule has 0 aromatic rings. The summed E-state index contributed by atoms with van der Waals surface area (Å²) in [5.41, 5.74) is -0.549. The van der Waals surface area contributed by atoms with Gasteiger partial charge in [0.2, 0.25) is 0 Å². The molecule has 132 valence electrons. The number of carbonyl (C=O) groups is 1. The van der Waals surface area contributed by atoms with E-state index in [0.29, 0.717) is 19.2 Å². The predicted octanol–water partition coefficient (Wildman–Crippen LogP) is 0.476. The molecule has 1 rings (SSSR count). The van der Waals surface area contributed by atoms with E-state index in [0.717, 1.165) is 6.26 Å². The van der Waals surface area contributed by atoms with E-state index < -0.39 is 38.0 Å². The minimum atomic E-state index is -3.67. The average molecular weight is 361 g/mol. The molecule has 1 saturated heterocycles. The number of rotatable bonds is 2. The molecule has 1 N–H and O–H groups in total. The standard InChI is InChI=1S/C10H19NO5S.CH4O3S/c1-10(2,3)15-9(12)11-6-5-8(7-11)16-17(4,13)14;1-5(2,3)4/h8H,5-7H2,1-4H3;1H3,(H,2,3,4)/t8-;/m1./s1. The molecule has 1 fully saturated rings. The molecule has 1 amide bonds. The highest BCUT2D eigenvalue weighted by molar-refractivity contribution is 7.86. The van der Waals surface area contributed by atoms with Crippen molar-refractivity contribution in [1.29, 1.82) is 0 Å². The van der Waals surface area contributed by atoms with Gasteiger partial charge in [0.05, 0.1) is 25.2 Å². The van der Waals surface area contributed by atoms with Gasteiger partial charge < -0.3 is 9.64 Å². The summed E-state index contributed by atoms with van der Waals surface area (Å²) in [5.74, 6) is 0. The second-order valence-electron chi connectivity index (χ2n) is 5.87. The predicted molar refractivity (Wildman–Crippen MR) is 79.6 cm³/mol. The first-order valence-corrected chi connectivity index (χ1v) is 10.0. The summed E-state index contributed by atoms with van der Waals surface area (Å²) in [6, 6.07) is 0.